The molecule has 21 heavy (non-hydrogen) atoms. The zero-order valence-electron chi connectivity index (χ0n) is 11.9. The normalized spacial score (nSPS) is 16.2. The summed E-state index contributed by atoms with van der Waals surface area (Å²) in [5.41, 5.74) is -0.621. The lowest BCUT2D eigenvalue weighted by Crippen LogP contribution is -2.44. The fourth-order valence-electron chi connectivity index (χ4n) is 2.53. The Kier molecular flexibility index (Phi) is 4.26. The second-order valence-corrected chi connectivity index (χ2v) is 5.10. The third-order valence-corrected chi connectivity index (χ3v) is 3.74. The average Bonchev–Trinajstić information content (AvgIpc) is 2.95. The quantitative estimate of drug-likeness (QED) is 0.810. The number of methoxy groups -OCH3 is 1. The molecular formula is C15H18N2O4. The Labute approximate surface area is 122 Å². The summed E-state index contributed by atoms with van der Waals surface area (Å²) in [4.78, 5) is 27.2. The van der Waals surface area contributed by atoms with Crippen LogP contribution in [-0.4, -0.2) is 34.6 Å². The monoisotopic (exact) mass is 290 g/mol. The third-order valence-electron chi connectivity index (χ3n) is 3.74. The number of pyridine rings is 1. The predicted octanol–water partition coefficient (Wildman–Crippen LogP) is 2.02. The van der Waals surface area contributed by atoms with E-state index in [-0.39, 0.29) is 17.1 Å². The molecule has 1 aromatic heterocycles. The number of carbonyl (C=O) groups is 2. The van der Waals surface area contributed by atoms with Gasteiger partial charge >= 0.3 is 5.97 Å². The predicted molar refractivity (Wildman–Crippen MR) is 76.6 cm³/mol. The van der Waals surface area contributed by atoms with Gasteiger partial charge in [-0.3, -0.25) is 4.79 Å². The molecule has 0 saturated heterocycles. The summed E-state index contributed by atoms with van der Waals surface area (Å²) in [6, 6.07) is 2.70. The van der Waals surface area contributed by atoms with Gasteiger partial charge in [-0.15, -0.1) is 6.58 Å². The lowest BCUT2D eigenvalue weighted by atomic mass is 9.97. The highest BCUT2D eigenvalue weighted by molar-refractivity contribution is 5.95. The molecule has 0 aliphatic heterocycles. The van der Waals surface area contributed by atoms with E-state index in [0.29, 0.717) is 0 Å². The van der Waals surface area contributed by atoms with E-state index < -0.39 is 17.4 Å². The van der Waals surface area contributed by atoms with E-state index in [9.17, 15) is 9.59 Å². The van der Waals surface area contributed by atoms with Gasteiger partial charge in [0.25, 0.3) is 5.91 Å². The molecule has 0 bridgehead atoms. The van der Waals surface area contributed by atoms with E-state index in [1.54, 1.807) is 6.08 Å². The molecule has 1 aliphatic carbocycles. The van der Waals surface area contributed by atoms with Crippen molar-refractivity contribution in [1.82, 2.24) is 10.3 Å². The van der Waals surface area contributed by atoms with E-state index in [2.05, 4.69) is 16.9 Å². The Morgan fingerprint density at radius 3 is 2.52 bits per heavy atom. The van der Waals surface area contributed by atoms with Crippen molar-refractivity contribution in [3.05, 3.63) is 36.2 Å². The smallest absolute Gasteiger partial charge is 0.354 e. The molecule has 6 nitrogen and oxygen atoms in total. The molecule has 1 fully saturated rings. The average molecular weight is 290 g/mol. The molecule has 2 rings (SSSR count). The van der Waals surface area contributed by atoms with Crippen molar-refractivity contribution in [3.8, 4) is 5.75 Å². The fourth-order valence-corrected chi connectivity index (χ4v) is 2.53. The molecular weight excluding hydrogens is 272 g/mol. The number of carbonyl (C=O) groups excluding carboxylic acids is 1. The van der Waals surface area contributed by atoms with Crippen LogP contribution in [-0.2, 0) is 0 Å². The Balaban J connectivity index is 2.28. The molecule has 0 atom stereocenters. The Morgan fingerprint density at radius 2 is 2.00 bits per heavy atom. The van der Waals surface area contributed by atoms with Crippen molar-refractivity contribution in [2.24, 2.45) is 0 Å². The lowest BCUT2D eigenvalue weighted by molar-refractivity contribution is 0.0690. The van der Waals surface area contributed by atoms with Crippen molar-refractivity contribution >= 4 is 11.9 Å². The van der Waals surface area contributed by atoms with Crippen molar-refractivity contribution in [1.29, 1.82) is 0 Å². The lowest BCUT2D eigenvalue weighted by Gasteiger charge is -2.26. The van der Waals surface area contributed by atoms with Gasteiger partial charge in [0.15, 0.2) is 5.69 Å². The first kappa shape index (κ1) is 15.0. The standard InChI is InChI=1S/C15H18N2O4/c1-3-15(6-4-5-7-15)17-13(18)11-8-10(21-2)9-12(16-11)14(19)20/h3,8-9H,1,4-7H2,2H3,(H,17,18)(H,19,20). The van der Waals surface area contributed by atoms with Gasteiger partial charge in [0.1, 0.15) is 11.4 Å². The molecule has 0 aromatic carbocycles. The summed E-state index contributed by atoms with van der Waals surface area (Å²) < 4.78 is 5.01. The highest BCUT2D eigenvalue weighted by Gasteiger charge is 2.33. The number of aromatic nitrogens is 1. The SMILES string of the molecule is C=CC1(NC(=O)c2cc(OC)cc(C(=O)O)n2)CCCC1. The Bertz CT molecular complexity index is 577. The number of amides is 1. The number of carboxylic acids is 1. The second kappa shape index (κ2) is 5.95. The molecule has 2 N–H and O–H groups in total. The summed E-state index contributed by atoms with van der Waals surface area (Å²) in [5, 5.41) is 11.9. The van der Waals surface area contributed by atoms with Gasteiger partial charge in [-0.1, -0.05) is 18.9 Å². The molecule has 0 spiro atoms. The number of hydrogen-bond acceptors (Lipinski definition) is 4. The molecule has 1 aromatic rings. The van der Waals surface area contributed by atoms with Gasteiger partial charge in [0.2, 0.25) is 0 Å². The minimum atomic E-state index is -1.21. The summed E-state index contributed by atoms with van der Waals surface area (Å²) in [5.74, 6) is -1.34. The number of carboxylic acid groups (broad SMARTS) is 1. The molecule has 6 heteroatoms. The highest BCUT2D eigenvalue weighted by atomic mass is 16.5. The van der Waals surface area contributed by atoms with Gasteiger partial charge in [-0.2, -0.15) is 0 Å². The zero-order valence-corrected chi connectivity index (χ0v) is 11.9. The van der Waals surface area contributed by atoms with Crippen molar-refractivity contribution in [2.75, 3.05) is 7.11 Å². The van der Waals surface area contributed by atoms with Crippen LogP contribution >= 0.6 is 0 Å². The zero-order chi connectivity index (χ0) is 15.5. The van der Waals surface area contributed by atoms with Crippen LogP contribution in [0.25, 0.3) is 0 Å². The number of nitrogens with one attached hydrogen (secondary N) is 1. The van der Waals surface area contributed by atoms with Crippen LogP contribution in [0, 0.1) is 0 Å². The summed E-state index contributed by atoms with van der Waals surface area (Å²) in [6.45, 7) is 3.79. The van der Waals surface area contributed by atoms with E-state index >= 15 is 0 Å². The number of hydrogen-bond donors (Lipinski definition) is 2. The maximum Gasteiger partial charge on any atom is 0.354 e. The molecule has 0 radical (unpaired) electrons. The van der Waals surface area contributed by atoms with Crippen LogP contribution in [0.15, 0.2) is 24.8 Å². The van der Waals surface area contributed by atoms with Gasteiger partial charge < -0.3 is 15.2 Å². The van der Waals surface area contributed by atoms with E-state index in [0.717, 1.165) is 25.7 Å². The van der Waals surface area contributed by atoms with Gasteiger partial charge in [0.05, 0.1) is 12.6 Å². The summed E-state index contributed by atoms with van der Waals surface area (Å²) in [7, 11) is 1.41. The van der Waals surface area contributed by atoms with Crippen LogP contribution in [0.4, 0.5) is 0 Å². The third kappa shape index (κ3) is 3.21. The largest absolute Gasteiger partial charge is 0.497 e. The highest BCUT2D eigenvalue weighted by Crippen LogP contribution is 2.30. The molecule has 0 unspecified atom stereocenters. The first-order chi connectivity index (χ1) is 9.99. The minimum Gasteiger partial charge on any atom is -0.497 e. The number of ether oxygens (including phenoxy) is 1. The van der Waals surface area contributed by atoms with Gasteiger partial charge in [0, 0.05) is 12.1 Å². The van der Waals surface area contributed by atoms with Gasteiger partial charge in [-0.25, -0.2) is 9.78 Å². The van der Waals surface area contributed by atoms with Crippen LogP contribution in [0.3, 0.4) is 0 Å². The first-order valence-electron chi connectivity index (χ1n) is 6.75. The Hall–Kier alpha value is -2.37. The van der Waals surface area contributed by atoms with E-state index in [1.807, 2.05) is 0 Å². The van der Waals surface area contributed by atoms with Crippen LogP contribution in [0.5, 0.6) is 5.75 Å². The maximum absolute atomic E-state index is 12.3. The number of rotatable bonds is 5. The van der Waals surface area contributed by atoms with Crippen LogP contribution in [0.2, 0.25) is 0 Å². The second-order valence-electron chi connectivity index (χ2n) is 5.10. The van der Waals surface area contributed by atoms with E-state index in [4.69, 9.17) is 9.84 Å². The number of aromatic carboxylic acids is 1. The molecule has 112 valence electrons. The summed E-state index contributed by atoms with van der Waals surface area (Å²) in [6.07, 6.45) is 5.46. The van der Waals surface area contributed by atoms with Crippen LogP contribution in [0.1, 0.15) is 46.7 Å². The van der Waals surface area contributed by atoms with Crippen molar-refractivity contribution < 1.29 is 19.4 Å². The molecule has 1 heterocycles. The topological polar surface area (TPSA) is 88.5 Å². The Morgan fingerprint density at radius 1 is 1.38 bits per heavy atom. The van der Waals surface area contributed by atoms with Crippen molar-refractivity contribution in [3.63, 3.8) is 0 Å². The van der Waals surface area contributed by atoms with Crippen LogP contribution < -0.4 is 10.1 Å². The minimum absolute atomic E-state index is 0.0277. The van der Waals surface area contributed by atoms with Crippen molar-refractivity contribution in [2.45, 2.75) is 31.2 Å². The summed E-state index contributed by atoms with van der Waals surface area (Å²) >= 11 is 0. The number of nitrogens with zero attached hydrogens (tertiary/aromatic N) is 1. The molecule has 1 saturated carbocycles. The van der Waals surface area contributed by atoms with Gasteiger partial charge in [-0.05, 0) is 12.8 Å². The first-order valence-corrected chi connectivity index (χ1v) is 6.75. The molecule has 1 aliphatic rings. The van der Waals surface area contributed by atoms with E-state index in [1.165, 1.54) is 19.2 Å². The maximum atomic E-state index is 12.3. The molecule has 1 amide bonds. The fraction of sp³-hybridized carbons (Fsp3) is 0.400.